The van der Waals surface area contributed by atoms with Crippen LogP contribution >= 0.6 is 0 Å². The van der Waals surface area contributed by atoms with Gasteiger partial charge in [-0.1, -0.05) is 18.2 Å². The number of carbonyl (C=O) groups excluding carboxylic acids is 1. The summed E-state index contributed by atoms with van der Waals surface area (Å²) in [6.07, 6.45) is -4.90. The summed E-state index contributed by atoms with van der Waals surface area (Å²) in [7, 11) is 1.66. The average molecular weight is 273 g/mol. The first kappa shape index (κ1) is 13.9. The normalized spacial score (nSPS) is 20.7. The zero-order chi connectivity index (χ0) is 14.0. The lowest BCUT2D eigenvalue weighted by atomic mass is 10.0. The largest absolute Gasteiger partial charge is 0.416 e. The smallest absolute Gasteiger partial charge is 0.366 e. The van der Waals surface area contributed by atoms with Crippen molar-refractivity contribution in [2.75, 3.05) is 20.2 Å². The van der Waals surface area contributed by atoms with E-state index in [9.17, 15) is 18.0 Å². The van der Waals surface area contributed by atoms with Crippen LogP contribution in [0.25, 0.3) is 0 Å². The molecule has 6 heteroatoms. The van der Waals surface area contributed by atoms with Crippen LogP contribution in [-0.4, -0.2) is 37.1 Å². The molecule has 104 valence electrons. The van der Waals surface area contributed by atoms with Crippen molar-refractivity contribution in [1.29, 1.82) is 0 Å². The van der Waals surface area contributed by atoms with E-state index in [0.717, 1.165) is 12.1 Å². The van der Waals surface area contributed by atoms with E-state index in [2.05, 4.69) is 0 Å². The van der Waals surface area contributed by atoms with Crippen molar-refractivity contribution in [2.24, 2.45) is 0 Å². The third-order valence-corrected chi connectivity index (χ3v) is 3.07. The Kier molecular flexibility index (Phi) is 3.80. The lowest BCUT2D eigenvalue weighted by Gasteiger charge is -2.29. The van der Waals surface area contributed by atoms with E-state index in [1.165, 1.54) is 11.0 Å². The third kappa shape index (κ3) is 3.26. The molecule has 0 aliphatic carbocycles. The Balaban J connectivity index is 2.13. The zero-order valence-corrected chi connectivity index (χ0v) is 10.4. The number of hydrogen-bond acceptors (Lipinski definition) is 2. The average Bonchev–Trinajstić information content (AvgIpc) is 2.34. The van der Waals surface area contributed by atoms with Crippen molar-refractivity contribution in [3.63, 3.8) is 0 Å². The van der Waals surface area contributed by atoms with Gasteiger partial charge >= 0.3 is 6.18 Å². The summed E-state index contributed by atoms with van der Waals surface area (Å²) in [6, 6.07) is 4.99. The lowest BCUT2D eigenvalue weighted by molar-refractivity contribution is -0.150. The monoisotopic (exact) mass is 273 g/mol. The minimum atomic E-state index is -4.37. The van der Waals surface area contributed by atoms with Crippen LogP contribution < -0.4 is 0 Å². The van der Waals surface area contributed by atoms with Gasteiger partial charge in [0.2, 0.25) is 0 Å². The van der Waals surface area contributed by atoms with E-state index in [0.29, 0.717) is 18.7 Å². The number of halogens is 3. The number of amides is 1. The Morgan fingerprint density at radius 1 is 1.42 bits per heavy atom. The van der Waals surface area contributed by atoms with Crippen LogP contribution in [0.5, 0.6) is 0 Å². The minimum absolute atomic E-state index is 0.160. The molecule has 1 heterocycles. The van der Waals surface area contributed by atoms with Crippen LogP contribution in [0.2, 0.25) is 0 Å². The number of hydrogen-bond donors (Lipinski definition) is 0. The van der Waals surface area contributed by atoms with E-state index in [1.807, 2.05) is 0 Å². The maximum absolute atomic E-state index is 12.6. The molecule has 1 atom stereocenters. The maximum atomic E-state index is 12.6. The molecule has 0 N–H and O–H groups in total. The Morgan fingerprint density at radius 2 is 2.16 bits per heavy atom. The SMILES string of the molecule is CN1CCOC(Cc2cccc(C(F)(F)F)c2)C1=O. The quantitative estimate of drug-likeness (QED) is 0.826. The summed E-state index contributed by atoms with van der Waals surface area (Å²) in [5, 5.41) is 0. The third-order valence-electron chi connectivity index (χ3n) is 3.07. The van der Waals surface area contributed by atoms with Crippen molar-refractivity contribution >= 4 is 5.91 Å². The van der Waals surface area contributed by atoms with Crippen LogP contribution in [0, 0.1) is 0 Å². The molecule has 3 nitrogen and oxygen atoms in total. The molecule has 0 saturated carbocycles. The van der Waals surface area contributed by atoms with E-state index in [4.69, 9.17) is 4.74 Å². The van der Waals surface area contributed by atoms with Crippen LogP contribution in [0.1, 0.15) is 11.1 Å². The number of likely N-dealkylation sites (N-methyl/N-ethyl adjacent to an activating group) is 1. The van der Waals surface area contributed by atoms with Crippen molar-refractivity contribution in [3.8, 4) is 0 Å². The molecule has 0 spiro atoms. The number of alkyl halides is 3. The molecule has 1 aromatic carbocycles. The van der Waals surface area contributed by atoms with Crippen molar-refractivity contribution in [3.05, 3.63) is 35.4 Å². The summed E-state index contributed by atoms with van der Waals surface area (Å²) >= 11 is 0. The van der Waals surface area contributed by atoms with Crippen LogP contribution in [0.3, 0.4) is 0 Å². The molecule has 1 fully saturated rings. The molecule has 1 amide bonds. The zero-order valence-electron chi connectivity index (χ0n) is 10.4. The molecule has 1 unspecified atom stereocenters. The number of ether oxygens (including phenoxy) is 1. The molecular formula is C13H14F3NO2. The van der Waals surface area contributed by atoms with Crippen molar-refractivity contribution < 1.29 is 22.7 Å². The maximum Gasteiger partial charge on any atom is 0.416 e. The fraction of sp³-hybridized carbons (Fsp3) is 0.462. The van der Waals surface area contributed by atoms with E-state index >= 15 is 0 Å². The van der Waals surface area contributed by atoms with Gasteiger partial charge in [0.15, 0.2) is 0 Å². The summed E-state index contributed by atoms with van der Waals surface area (Å²) in [6.45, 7) is 0.920. The van der Waals surface area contributed by atoms with Crippen molar-refractivity contribution in [1.82, 2.24) is 4.90 Å². The Hall–Kier alpha value is -1.56. The standard InChI is InChI=1S/C13H14F3NO2/c1-17-5-6-19-11(12(17)18)8-9-3-2-4-10(7-9)13(14,15)16/h2-4,7,11H,5-6,8H2,1H3. The van der Waals surface area contributed by atoms with Crippen LogP contribution in [0.4, 0.5) is 13.2 Å². The van der Waals surface area contributed by atoms with E-state index < -0.39 is 17.8 Å². The number of rotatable bonds is 2. The van der Waals surface area contributed by atoms with E-state index in [1.54, 1.807) is 13.1 Å². The highest BCUT2D eigenvalue weighted by molar-refractivity contribution is 5.81. The summed E-state index contributed by atoms with van der Waals surface area (Å²) in [5.74, 6) is -0.191. The first-order valence-electron chi connectivity index (χ1n) is 5.90. The predicted molar refractivity (Wildman–Crippen MR) is 62.5 cm³/mol. The topological polar surface area (TPSA) is 29.5 Å². The Labute approximate surface area is 109 Å². The summed E-state index contributed by atoms with van der Waals surface area (Å²) in [5.41, 5.74) is -0.259. The molecule has 1 saturated heterocycles. The fourth-order valence-electron chi connectivity index (χ4n) is 1.99. The van der Waals surface area contributed by atoms with Gasteiger partial charge in [0, 0.05) is 20.0 Å². The first-order valence-corrected chi connectivity index (χ1v) is 5.90. The van der Waals surface area contributed by atoms with Gasteiger partial charge in [-0.15, -0.1) is 0 Å². The van der Waals surface area contributed by atoms with Gasteiger partial charge in [0.1, 0.15) is 6.10 Å². The molecule has 1 aromatic rings. The van der Waals surface area contributed by atoms with Gasteiger partial charge in [-0.3, -0.25) is 4.79 Å². The van der Waals surface area contributed by atoms with Gasteiger partial charge in [-0.05, 0) is 11.6 Å². The van der Waals surface area contributed by atoms with Crippen molar-refractivity contribution in [2.45, 2.75) is 18.7 Å². The van der Waals surface area contributed by atoms with Crippen LogP contribution in [-0.2, 0) is 22.1 Å². The second-order valence-corrected chi connectivity index (χ2v) is 4.52. The number of nitrogens with zero attached hydrogens (tertiary/aromatic N) is 1. The number of benzene rings is 1. The van der Waals surface area contributed by atoms with Gasteiger partial charge in [0.05, 0.1) is 12.2 Å². The van der Waals surface area contributed by atoms with E-state index in [-0.39, 0.29) is 12.3 Å². The second-order valence-electron chi connectivity index (χ2n) is 4.52. The highest BCUT2D eigenvalue weighted by Crippen LogP contribution is 2.30. The van der Waals surface area contributed by atoms with Crippen LogP contribution in [0.15, 0.2) is 24.3 Å². The number of morpholine rings is 1. The summed E-state index contributed by atoms with van der Waals surface area (Å²) in [4.78, 5) is 13.3. The highest BCUT2D eigenvalue weighted by Gasteiger charge is 2.31. The molecule has 19 heavy (non-hydrogen) atoms. The van der Waals surface area contributed by atoms with Gasteiger partial charge < -0.3 is 9.64 Å². The predicted octanol–water partition coefficient (Wildman–Crippen LogP) is 2.11. The second kappa shape index (κ2) is 5.21. The molecule has 0 bridgehead atoms. The molecule has 1 aliphatic heterocycles. The Bertz CT molecular complexity index is 473. The molecule has 1 aliphatic rings. The van der Waals surface area contributed by atoms with Gasteiger partial charge in [-0.2, -0.15) is 13.2 Å². The Morgan fingerprint density at radius 3 is 2.84 bits per heavy atom. The molecule has 2 rings (SSSR count). The van der Waals surface area contributed by atoms with Gasteiger partial charge in [0.25, 0.3) is 5.91 Å². The summed E-state index contributed by atoms with van der Waals surface area (Å²) < 4.78 is 43.1. The molecular weight excluding hydrogens is 259 g/mol. The lowest BCUT2D eigenvalue weighted by Crippen LogP contribution is -2.46. The first-order chi connectivity index (χ1) is 8.88. The van der Waals surface area contributed by atoms with Gasteiger partial charge in [-0.25, -0.2) is 0 Å². The molecule has 0 aromatic heterocycles. The fourth-order valence-corrected chi connectivity index (χ4v) is 1.99. The highest BCUT2D eigenvalue weighted by atomic mass is 19.4. The minimum Gasteiger partial charge on any atom is -0.366 e. The molecule has 0 radical (unpaired) electrons. The number of carbonyl (C=O) groups is 1.